The van der Waals surface area contributed by atoms with Crippen molar-refractivity contribution in [2.24, 2.45) is 4.99 Å². The molecule has 0 spiro atoms. The lowest BCUT2D eigenvalue weighted by atomic mass is 10.1. The van der Waals surface area contributed by atoms with Gasteiger partial charge >= 0.3 is 0 Å². The Kier molecular flexibility index (Phi) is 1.88. The van der Waals surface area contributed by atoms with E-state index in [0.717, 1.165) is 33.2 Å². The fourth-order valence-electron chi connectivity index (χ4n) is 2.40. The molecule has 0 amide bonds. The average Bonchev–Trinajstić information content (AvgIpc) is 2.63. The standard InChI is InChI=1S/C15H10N2O/c1-2-5-11-10(4-1)15-14-12(17-11)6-3-7-13(14)18-9-8-16-15/h1-8H,9H2. The van der Waals surface area contributed by atoms with E-state index in [-0.39, 0.29) is 0 Å². The van der Waals surface area contributed by atoms with Crippen LogP contribution in [0.1, 0.15) is 0 Å². The normalized spacial score (nSPS) is 13.6. The zero-order valence-corrected chi connectivity index (χ0v) is 9.63. The van der Waals surface area contributed by atoms with E-state index in [4.69, 9.17) is 4.74 Å². The van der Waals surface area contributed by atoms with E-state index >= 15 is 0 Å². The molecule has 2 aromatic carbocycles. The van der Waals surface area contributed by atoms with Crippen molar-refractivity contribution in [1.29, 1.82) is 0 Å². The molecule has 4 rings (SSSR count). The summed E-state index contributed by atoms with van der Waals surface area (Å²) in [5.41, 5.74) is 2.86. The topological polar surface area (TPSA) is 34.5 Å². The first-order valence-corrected chi connectivity index (χ1v) is 5.90. The van der Waals surface area contributed by atoms with Gasteiger partial charge in [-0.1, -0.05) is 24.3 Å². The fourth-order valence-corrected chi connectivity index (χ4v) is 2.40. The van der Waals surface area contributed by atoms with Gasteiger partial charge in [0.1, 0.15) is 12.4 Å². The lowest BCUT2D eigenvalue weighted by molar-refractivity contribution is 0.386. The maximum Gasteiger partial charge on any atom is 0.131 e. The molecule has 2 heterocycles. The molecule has 86 valence electrons. The molecule has 0 radical (unpaired) electrons. The number of para-hydroxylation sites is 1. The van der Waals surface area contributed by atoms with Crippen LogP contribution in [0, 0.1) is 0 Å². The second-order valence-electron chi connectivity index (χ2n) is 4.25. The first-order chi connectivity index (χ1) is 8.93. The second kappa shape index (κ2) is 3.53. The molecule has 0 saturated heterocycles. The lowest BCUT2D eigenvalue weighted by Crippen LogP contribution is -1.96. The van der Waals surface area contributed by atoms with E-state index in [1.54, 1.807) is 6.21 Å². The molecular weight excluding hydrogens is 224 g/mol. The number of ether oxygens (including phenoxy) is 1. The highest BCUT2D eigenvalue weighted by Crippen LogP contribution is 2.39. The molecule has 0 unspecified atom stereocenters. The number of pyridine rings is 1. The third kappa shape index (κ3) is 1.24. The summed E-state index contributed by atoms with van der Waals surface area (Å²) in [5, 5.41) is 2.07. The van der Waals surface area contributed by atoms with Gasteiger partial charge in [-0.2, -0.15) is 0 Å². The predicted molar refractivity (Wildman–Crippen MR) is 72.9 cm³/mol. The minimum absolute atomic E-state index is 0.502. The molecule has 0 atom stereocenters. The van der Waals surface area contributed by atoms with Crippen LogP contribution < -0.4 is 4.74 Å². The van der Waals surface area contributed by atoms with Crippen molar-refractivity contribution in [2.45, 2.75) is 0 Å². The van der Waals surface area contributed by atoms with Crippen LogP contribution in [-0.2, 0) is 0 Å². The van der Waals surface area contributed by atoms with Crippen molar-refractivity contribution in [3.63, 3.8) is 0 Å². The molecule has 1 aromatic heterocycles. The van der Waals surface area contributed by atoms with Crippen LogP contribution >= 0.6 is 0 Å². The van der Waals surface area contributed by atoms with Crippen molar-refractivity contribution in [3.05, 3.63) is 42.5 Å². The van der Waals surface area contributed by atoms with Crippen LogP contribution in [0.3, 0.4) is 0 Å². The predicted octanol–water partition coefficient (Wildman–Crippen LogP) is 3.48. The van der Waals surface area contributed by atoms with Crippen molar-refractivity contribution < 1.29 is 4.74 Å². The number of aliphatic imine (C=N–C) groups is 1. The summed E-state index contributed by atoms with van der Waals surface area (Å²) in [7, 11) is 0. The molecule has 0 aliphatic carbocycles. The van der Waals surface area contributed by atoms with Gasteiger partial charge in [0.05, 0.1) is 22.1 Å². The Morgan fingerprint density at radius 1 is 0.944 bits per heavy atom. The largest absolute Gasteiger partial charge is 0.487 e. The number of aromatic nitrogens is 1. The van der Waals surface area contributed by atoms with Gasteiger partial charge in [0.2, 0.25) is 0 Å². The van der Waals surface area contributed by atoms with Crippen LogP contribution in [0.2, 0.25) is 0 Å². The smallest absolute Gasteiger partial charge is 0.131 e. The minimum atomic E-state index is 0.502. The highest BCUT2D eigenvalue weighted by atomic mass is 16.5. The Hall–Kier alpha value is -2.42. The van der Waals surface area contributed by atoms with Crippen molar-refractivity contribution in [2.75, 3.05) is 6.61 Å². The van der Waals surface area contributed by atoms with Crippen LogP contribution in [0.15, 0.2) is 47.5 Å². The Morgan fingerprint density at radius 2 is 1.83 bits per heavy atom. The van der Waals surface area contributed by atoms with E-state index in [1.165, 1.54) is 0 Å². The van der Waals surface area contributed by atoms with Gasteiger partial charge in [0, 0.05) is 11.6 Å². The summed E-state index contributed by atoms with van der Waals surface area (Å²) in [5.74, 6) is 0.859. The highest BCUT2D eigenvalue weighted by molar-refractivity contribution is 6.09. The molecule has 1 aliphatic rings. The van der Waals surface area contributed by atoms with Gasteiger partial charge in [-0.15, -0.1) is 0 Å². The van der Waals surface area contributed by atoms with Crippen molar-refractivity contribution in [1.82, 2.24) is 4.98 Å². The van der Waals surface area contributed by atoms with Gasteiger partial charge in [-0.25, -0.2) is 4.98 Å². The summed E-state index contributed by atoms with van der Waals surface area (Å²) < 4.78 is 5.68. The number of benzene rings is 2. The Balaban J connectivity index is 2.31. The van der Waals surface area contributed by atoms with E-state index in [1.807, 2.05) is 36.4 Å². The summed E-state index contributed by atoms with van der Waals surface area (Å²) in [6.45, 7) is 0.502. The molecule has 3 nitrogen and oxygen atoms in total. The summed E-state index contributed by atoms with van der Waals surface area (Å²) in [6, 6.07) is 14.0. The Labute approximate surface area is 104 Å². The molecule has 1 aliphatic heterocycles. The fraction of sp³-hybridized carbons (Fsp3) is 0.0667. The van der Waals surface area contributed by atoms with E-state index in [9.17, 15) is 0 Å². The molecule has 0 bridgehead atoms. The minimum Gasteiger partial charge on any atom is -0.487 e. The van der Waals surface area contributed by atoms with Gasteiger partial charge < -0.3 is 4.74 Å². The molecule has 3 heteroatoms. The van der Waals surface area contributed by atoms with E-state index < -0.39 is 0 Å². The van der Waals surface area contributed by atoms with Gasteiger partial charge in [0.25, 0.3) is 0 Å². The molecular formula is C15H10N2O. The Morgan fingerprint density at radius 3 is 2.83 bits per heavy atom. The van der Waals surface area contributed by atoms with Crippen molar-refractivity contribution >= 4 is 33.7 Å². The number of fused-ring (bicyclic) bond motifs is 2. The molecule has 0 N–H and O–H groups in total. The molecule has 0 saturated carbocycles. The number of nitrogens with zero attached hydrogens (tertiary/aromatic N) is 2. The monoisotopic (exact) mass is 234 g/mol. The third-order valence-corrected chi connectivity index (χ3v) is 3.17. The average molecular weight is 234 g/mol. The summed E-state index contributed by atoms with van der Waals surface area (Å²) >= 11 is 0. The van der Waals surface area contributed by atoms with Crippen LogP contribution in [-0.4, -0.2) is 17.8 Å². The summed E-state index contributed by atoms with van der Waals surface area (Å²) in [6.07, 6.45) is 1.81. The van der Waals surface area contributed by atoms with E-state index in [2.05, 4.69) is 16.0 Å². The maximum absolute atomic E-state index is 5.68. The highest BCUT2D eigenvalue weighted by Gasteiger charge is 2.14. The SMILES string of the molecule is C1=Nc2c3ccccc3nc3cccc(c23)OC1. The molecule has 0 fully saturated rings. The second-order valence-corrected chi connectivity index (χ2v) is 4.25. The van der Waals surface area contributed by atoms with Crippen LogP contribution in [0.4, 0.5) is 5.69 Å². The number of hydrogen-bond donors (Lipinski definition) is 0. The molecule has 3 aromatic rings. The lowest BCUT2D eigenvalue weighted by Gasteiger charge is -2.08. The summed E-state index contributed by atoms with van der Waals surface area (Å²) in [4.78, 5) is 9.21. The zero-order chi connectivity index (χ0) is 11.9. The van der Waals surface area contributed by atoms with Gasteiger partial charge in [-0.3, -0.25) is 4.99 Å². The first-order valence-electron chi connectivity index (χ1n) is 5.90. The number of hydrogen-bond acceptors (Lipinski definition) is 3. The van der Waals surface area contributed by atoms with Crippen LogP contribution in [0.5, 0.6) is 5.75 Å². The van der Waals surface area contributed by atoms with Gasteiger partial charge in [-0.05, 0) is 18.2 Å². The van der Waals surface area contributed by atoms with E-state index in [0.29, 0.717) is 6.61 Å². The maximum atomic E-state index is 5.68. The van der Waals surface area contributed by atoms with Crippen molar-refractivity contribution in [3.8, 4) is 5.75 Å². The third-order valence-electron chi connectivity index (χ3n) is 3.17. The first kappa shape index (κ1) is 9.59. The van der Waals surface area contributed by atoms with Crippen LogP contribution in [0.25, 0.3) is 21.8 Å². The Bertz CT molecular complexity index is 793. The molecule has 18 heavy (non-hydrogen) atoms. The zero-order valence-electron chi connectivity index (χ0n) is 9.63. The quantitative estimate of drug-likeness (QED) is 0.558. The van der Waals surface area contributed by atoms with Gasteiger partial charge in [0.15, 0.2) is 0 Å². The number of rotatable bonds is 0.